The molecule has 2 nitrogen and oxygen atoms in total. The van der Waals surface area contributed by atoms with E-state index in [0.29, 0.717) is 10.0 Å². The molecule has 1 unspecified atom stereocenters. The van der Waals surface area contributed by atoms with E-state index in [1.807, 2.05) is 0 Å². The SMILES string of the molecule is O=C(NC1CCCCC1)C(Cl)c1cc(F)ccc1Br. The quantitative estimate of drug-likeness (QED) is 0.810. The second kappa shape index (κ2) is 6.71. The molecular weight excluding hydrogens is 333 g/mol. The van der Waals surface area contributed by atoms with Crippen molar-refractivity contribution in [2.24, 2.45) is 0 Å². The third-order valence-electron chi connectivity index (χ3n) is 3.41. The highest BCUT2D eigenvalue weighted by atomic mass is 79.9. The maximum atomic E-state index is 13.2. The third kappa shape index (κ3) is 3.93. The third-order valence-corrected chi connectivity index (χ3v) is 4.57. The van der Waals surface area contributed by atoms with E-state index in [1.54, 1.807) is 6.07 Å². The van der Waals surface area contributed by atoms with E-state index >= 15 is 0 Å². The van der Waals surface area contributed by atoms with Gasteiger partial charge >= 0.3 is 0 Å². The minimum absolute atomic E-state index is 0.204. The molecule has 0 heterocycles. The molecule has 5 heteroatoms. The van der Waals surface area contributed by atoms with Crippen LogP contribution in [0, 0.1) is 5.82 Å². The van der Waals surface area contributed by atoms with Crippen molar-refractivity contribution in [1.82, 2.24) is 5.32 Å². The summed E-state index contributed by atoms with van der Waals surface area (Å²) in [6.07, 6.45) is 5.51. The molecule has 1 amide bonds. The van der Waals surface area contributed by atoms with Crippen molar-refractivity contribution >= 4 is 33.4 Å². The summed E-state index contributed by atoms with van der Waals surface area (Å²) in [4.78, 5) is 12.1. The van der Waals surface area contributed by atoms with Crippen molar-refractivity contribution in [1.29, 1.82) is 0 Å². The number of halogens is 3. The van der Waals surface area contributed by atoms with Gasteiger partial charge < -0.3 is 5.32 Å². The van der Waals surface area contributed by atoms with Gasteiger partial charge in [-0.25, -0.2) is 4.39 Å². The van der Waals surface area contributed by atoms with Gasteiger partial charge in [0.05, 0.1) is 0 Å². The average Bonchev–Trinajstić information content (AvgIpc) is 2.42. The second-order valence-corrected chi connectivity index (χ2v) is 6.16. The number of nitrogens with one attached hydrogen (secondary N) is 1. The molecule has 1 fully saturated rings. The van der Waals surface area contributed by atoms with Crippen LogP contribution in [-0.4, -0.2) is 11.9 Å². The Morgan fingerprint density at radius 3 is 2.74 bits per heavy atom. The van der Waals surface area contributed by atoms with Crippen LogP contribution in [0.5, 0.6) is 0 Å². The first kappa shape index (κ1) is 14.8. The summed E-state index contributed by atoms with van der Waals surface area (Å²) in [6, 6.07) is 4.39. The average molecular weight is 349 g/mol. The molecule has 1 aliphatic carbocycles. The summed E-state index contributed by atoms with van der Waals surface area (Å²) in [5.74, 6) is -0.644. The van der Waals surface area contributed by atoms with Gasteiger partial charge in [0, 0.05) is 10.5 Å². The Morgan fingerprint density at radius 2 is 2.05 bits per heavy atom. The first-order valence-corrected chi connectivity index (χ1v) is 7.70. The minimum atomic E-state index is -0.869. The number of rotatable bonds is 3. The Bertz CT molecular complexity index is 463. The van der Waals surface area contributed by atoms with E-state index in [4.69, 9.17) is 11.6 Å². The van der Waals surface area contributed by atoms with Crippen LogP contribution < -0.4 is 5.32 Å². The number of hydrogen-bond acceptors (Lipinski definition) is 1. The normalized spacial score (nSPS) is 18.1. The van der Waals surface area contributed by atoms with E-state index in [1.165, 1.54) is 18.6 Å². The van der Waals surface area contributed by atoms with Crippen LogP contribution in [0.15, 0.2) is 22.7 Å². The smallest absolute Gasteiger partial charge is 0.242 e. The van der Waals surface area contributed by atoms with E-state index < -0.39 is 11.2 Å². The second-order valence-electron chi connectivity index (χ2n) is 4.87. The van der Waals surface area contributed by atoms with Crippen LogP contribution in [0.2, 0.25) is 0 Å². The van der Waals surface area contributed by atoms with Crippen molar-refractivity contribution in [2.45, 2.75) is 43.5 Å². The molecular formula is C14H16BrClFNO. The number of benzene rings is 1. The van der Waals surface area contributed by atoms with Crippen LogP contribution in [0.25, 0.3) is 0 Å². The van der Waals surface area contributed by atoms with E-state index in [-0.39, 0.29) is 11.9 Å². The van der Waals surface area contributed by atoms with Crippen LogP contribution in [0.1, 0.15) is 43.0 Å². The molecule has 1 N–H and O–H groups in total. The summed E-state index contributed by atoms with van der Waals surface area (Å²) >= 11 is 9.44. The summed E-state index contributed by atoms with van der Waals surface area (Å²) in [6.45, 7) is 0. The lowest BCUT2D eigenvalue weighted by Gasteiger charge is -2.24. The Labute approximate surface area is 125 Å². The minimum Gasteiger partial charge on any atom is -0.352 e. The van der Waals surface area contributed by atoms with E-state index in [0.717, 1.165) is 25.7 Å². The molecule has 19 heavy (non-hydrogen) atoms. The Hall–Kier alpha value is -0.610. The van der Waals surface area contributed by atoms with Crippen LogP contribution >= 0.6 is 27.5 Å². The molecule has 104 valence electrons. The van der Waals surface area contributed by atoms with Crippen molar-refractivity contribution in [3.05, 3.63) is 34.1 Å². The fourth-order valence-electron chi connectivity index (χ4n) is 2.37. The molecule has 1 aromatic rings. The van der Waals surface area contributed by atoms with Gasteiger partial charge in [-0.2, -0.15) is 0 Å². The predicted molar refractivity (Wildman–Crippen MR) is 77.7 cm³/mol. The van der Waals surface area contributed by atoms with Crippen molar-refractivity contribution in [3.63, 3.8) is 0 Å². The van der Waals surface area contributed by atoms with Gasteiger partial charge in [0.25, 0.3) is 0 Å². The number of carbonyl (C=O) groups excluding carboxylic acids is 1. The van der Waals surface area contributed by atoms with Crippen molar-refractivity contribution < 1.29 is 9.18 Å². The lowest BCUT2D eigenvalue weighted by atomic mass is 9.95. The lowest BCUT2D eigenvalue weighted by molar-refractivity contribution is -0.121. The van der Waals surface area contributed by atoms with Gasteiger partial charge in [-0.05, 0) is 36.6 Å². The number of hydrogen-bond donors (Lipinski definition) is 1. The van der Waals surface area contributed by atoms with Crippen molar-refractivity contribution in [2.75, 3.05) is 0 Å². The summed E-state index contributed by atoms with van der Waals surface area (Å²) in [7, 11) is 0. The highest BCUT2D eigenvalue weighted by Gasteiger charge is 2.24. The molecule has 0 radical (unpaired) electrons. The van der Waals surface area contributed by atoms with E-state index in [2.05, 4.69) is 21.2 Å². The first-order chi connectivity index (χ1) is 9.08. The fourth-order valence-corrected chi connectivity index (χ4v) is 3.22. The topological polar surface area (TPSA) is 29.1 Å². The zero-order valence-corrected chi connectivity index (χ0v) is 12.8. The highest BCUT2D eigenvalue weighted by molar-refractivity contribution is 9.10. The lowest BCUT2D eigenvalue weighted by Crippen LogP contribution is -2.38. The van der Waals surface area contributed by atoms with Gasteiger partial charge in [-0.15, -0.1) is 11.6 Å². The molecule has 0 aromatic heterocycles. The Morgan fingerprint density at radius 1 is 1.37 bits per heavy atom. The van der Waals surface area contributed by atoms with Crippen LogP contribution in [0.3, 0.4) is 0 Å². The zero-order chi connectivity index (χ0) is 13.8. The molecule has 1 saturated carbocycles. The van der Waals surface area contributed by atoms with Gasteiger partial charge in [-0.1, -0.05) is 35.2 Å². The molecule has 1 aromatic carbocycles. The molecule has 0 aliphatic heterocycles. The predicted octanol–water partition coefficient (Wildman–Crippen LogP) is 4.32. The number of amides is 1. The molecule has 1 atom stereocenters. The molecule has 0 spiro atoms. The fraction of sp³-hybridized carbons (Fsp3) is 0.500. The van der Waals surface area contributed by atoms with Crippen LogP contribution in [0.4, 0.5) is 4.39 Å². The number of alkyl halides is 1. The molecule has 0 saturated heterocycles. The standard InChI is InChI=1S/C14H16BrClFNO/c15-12-7-6-9(17)8-11(12)13(16)14(19)18-10-4-2-1-3-5-10/h6-8,10,13H,1-5H2,(H,18,19). The highest BCUT2D eigenvalue weighted by Crippen LogP contribution is 2.29. The monoisotopic (exact) mass is 347 g/mol. The van der Waals surface area contributed by atoms with E-state index in [9.17, 15) is 9.18 Å². The first-order valence-electron chi connectivity index (χ1n) is 6.47. The zero-order valence-electron chi connectivity index (χ0n) is 10.5. The van der Waals surface area contributed by atoms with Gasteiger partial charge in [-0.3, -0.25) is 4.79 Å². The summed E-state index contributed by atoms with van der Waals surface area (Å²) in [5, 5.41) is 2.08. The van der Waals surface area contributed by atoms with Gasteiger partial charge in [0.15, 0.2) is 0 Å². The molecule has 0 bridgehead atoms. The summed E-state index contributed by atoms with van der Waals surface area (Å²) < 4.78 is 13.9. The van der Waals surface area contributed by atoms with Gasteiger partial charge in [0.1, 0.15) is 11.2 Å². The molecule has 1 aliphatic rings. The Balaban J connectivity index is 2.03. The molecule has 2 rings (SSSR count). The van der Waals surface area contributed by atoms with Crippen molar-refractivity contribution in [3.8, 4) is 0 Å². The maximum Gasteiger partial charge on any atom is 0.242 e. The largest absolute Gasteiger partial charge is 0.352 e. The van der Waals surface area contributed by atoms with Crippen LogP contribution in [-0.2, 0) is 4.79 Å². The number of carbonyl (C=O) groups is 1. The Kier molecular flexibility index (Phi) is 5.22. The maximum absolute atomic E-state index is 13.2. The summed E-state index contributed by atoms with van der Waals surface area (Å²) in [5.41, 5.74) is 0.468. The van der Waals surface area contributed by atoms with Gasteiger partial charge in [0.2, 0.25) is 5.91 Å².